The van der Waals surface area contributed by atoms with Crippen LogP contribution in [0.1, 0.15) is 6.42 Å². The summed E-state index contributed by atoms with van der Waals surface area (Å²) in [4.78, 5) is 28.4. The molecule has 1 amide bonds. The summed E-state index contributed by atoms with van der Waals surface area (Å²) in [6.45, 7) is -0.162. The zero-order valence-electron chi connectivity index (χ0n) is 4.03. The fraction of sp³-hybridized carbons (Fsp3) is 0.667. The number of nitroso groups, excluding NO2 is 2. The van der Waals surface area contributed by atoms with Gasteiger partial charge in [0.25, 0.3) is 5.91 Å². The molecule has 0 radical (unpaired) electrons. The highest BCUT2D eigenvalue weighted by atomic mass is 16.3. The van der Waals surface area contributed by atoms with Gasteiger partial charge in [-0.2, -0.15) is 4.91 Å². The molecular formula is C3H4N2O3. The van der Waals surface area contributed by atoms with E-state index in [1.54, 1.807) is 0 Å². The smallest absolute Gasteiger partial charge is 0.269 e. The molecule has 5 nitrogen and oxygen atoms in total. The summed E-state index contributed by atoms with van der Waals surface area (Å²) in [6.07, 6.45) is -0.174. The van der Waals surface area contributed by atoms with Crippen LogP contribution < -0.4 is 0 Å². The fourth-order valence-corrected chi connectivity index (χ4v) is 0.187. The lowest BCUT2D eigenvalue weighted by molar-refractivity contribution is -0.117. The maximum absolute atomic E-state index is 9.89. The van der Waals surface area contributed by atoms with Gasteiger partial charge in [-0.25, -0.2) is 0 Å². The SMILES string of the molecule is O=NCCC(=O)N=O. The highest BCUT2D eigenvalue weighted by molar-refractivity contribution is 5.76. The van der Waals surface area contributed by atoms with E-state index < -0.39 is 5.91 Å². The van der Waals surface area contributed by atoms with Gasteiger partial charge in [0.1, 0.15) is 0 Å². The minimum atomic E-state index is -0.829. The van der Waals surface area contributed by atoms with Crippen LogP contribution in [0.4, 0.5) is 0 Å². The van der Waals surface area contributed by atoms with E-state index in [2.05, 4.69) is 5.18 Å². The molecule has 0 aliphatic heterocycles. The van der Waals surface area contributed by atoms with Crippen LogP contribution in [-0.2, 0) is 4.79 Å². The maximum atomic E-state index is 9.89. The first-order valence-corrected chi connectivity index (χ1v) is 1.96. The molecule has 0 atom stereocenters. The van der Waals surface area contributed by atoms with Gasteiger partial charge in [-0.1, -0.05) is 5.18 Å². The van der Waals surface area contributed by atoms with Crippen molar-refractivity contribution >= 4 is 5.91 Å². The van der Waals surface area contributed by atoms with Gasteiger partial charge in [0.2, 0.25) is 0 Å². The highest BCUT2D eigenvalue weighted by Crippen LogP contribution is 1.82. The second kappa shape index (κ2) is 4.04. The Morgan fingerprint density at radius 3 is 2.38 bits per heavy atom. The quantitative estimate of drug-likeness (QED) is 0.502. The Balaban J connectivity index is 3.24. The van der Waals surface area contributed by atoms with Crippen LogP contribution >= 0.6 is 0 Å². The molecule has 8 heavy (non-hydrogen) atoms. The average Bonchev–Trinajstić information content (AvgIpc) is 1.83. The normalized spacial score (nSPS) is 8.00. The van der Waals surface area contributed by atoms with Crippen molar-refractivity contribution in [3.05, 3.63) is 9.81 Å². The van der Waals surface area contributed by atoms with E-state index in [1.807, 2.05) is 5.18 Å². The van der Waals surface area contributed by atoms with Crippen molar-refractivity contribution in [3.8, 4) is 0 Å². The van der Waals surface area contributed by atoms with Crippen LogP contribution in [0, 0.1) is 9.81 Å². The molecule has 0 saturated heterocycles. The number of carbonyl (C=O) groups excluding carboxylic acids is 1. The third-order valence-electron chi connectivity index (χ3n) is 0.519. The van der Waals surface area contributed by atoms with Gasteiger partial charge in [0.15, 0.2) is 0 Å². The fourth-order valence-electron chi connectivity index (χ4n) is 0.187. The summed E-state index contributed by atoms with van der Waals surface area (Å²) in [5.74, 6) is -0.829. The first-order chi connectivity index (χ1) is 3.81. The van der Waals surface area contributed by atoms with Gasteiger partial charge in [-0.05, 0) is 0 Å². The van der Waals surface area contributed by atoms with Gasteiger partial charge in [0, 0.05) is 5.18 Å². The molecule has 0 aliphatic carbocycles. The second-order valence-corrected chi connectivity index (χ2v) is 1.09. The van der Waals surface area contributed by atoms with Gasteiger partial charge >= 0.3 is 0 Å². The van der Waals surface area contributed by atoms with Crippen molar-refractivity contribution in [1.29, 1.82) is 0 Å². The van der Waals surface area contributed by atoms with Crippen molar-refractivity contribution in [1.82, 2.24) is 0 Å². The first kappa shape index (κ1) is 6.87. The molecular weight excluding hydrogens is 112 g/mol. The van der Waals surface area contributed by atoms with Gasteiger partial charge < -0.3 is 0 Å². The number of nitrogens with zero attached hydrogens (tertiary/aromatic N) is 2. The molecule has 0 spiro atoms. The molecule has 0 aromatic carbocycles. The van der Waals surface area contributed by atoms with Crippen LogP contribution in [0.15, 0.2) is 10.4 Å². The zero-order valence-corrected chi connectivity index (χ0v) is 4.03. The predicted molar refractivity (Wildman–Crippen MR) is 26.1 cm³/mol. The first-order valence-electron chi connectivity index (χ1n) is 1.96. The third kappa shape index (κ3) is 3.08. The Kier molecular flexibility index (Phi) is 3.47. The Morgan fingerprint density at radius 2 is 2.00 bits per heavy atom. The topological polar surface area (TPSA) is 75.9 Å². The van der Waals surface area contributed by atoms with E-state index in [4.69, 9.17) is 0 Å². The summed E-state index contributed by atoms with van der Waals surface area (Å²) in [5, 5.41) is 4.39. The summed E-state index contributed by atoms with van der Waals surface area (Å²) in [6, 6.07) is 0. The van der Waals surface area contributed by atoms with Gasteiger partial charge in [-0.15, -0.1) is 4.91 Å². The van der Waals surface area contributed by atoms with Crippen LogP contribution in [0.5, 0.6) is 0 Å². The summed E-state index contributed by atoms with van der Waals surface area (Å²) >= 11 is 0. The van der Waals surface area contributed by atoms with Crippen LogP contribution in [0.25, 0.3) is 0 Å². The van der Waals surface area contributed by atoms with Crippen molar-refractivity contribution in [2.45, 2.75) is 6.42 Å². The van der Waals surface area contributed by atoms with Crippen molar-refractivity contribution in [2.75, 3.05) is 6.54 Å². The van der Waals surface area contributed by atoms with Crippen LogP contribution in [-0.4, -0.2) is 12.5 Å². The van der Waals surface area contributed by atoms with E-state index in [-0.39, 0.29) is 13.0 Å². The molecule has 0 heterocycles. The molecule has 0 saturated carbocycles. The van der Waals surface area contributed by atoms with Crippen LogP contribution in [0.2, 0.25) is 0 Å². The predicted octanol–water partition coefficient (Wildman–Crippen LogP) is 0.436. The summed E-state index contributed by atoms with van der Waals surface area (Å²) in [5.41, 5.74) is 0. The van der Waals surface area contributed by atoms with Crippen molar-refractivity contribution in [2.24, 2.45) is 10.4 Å². The highest BCUT2D eigenvalue weighted by Gasteiger charge is 1.97. The Morgan fingerprint density at radius 1 is 1.38 bits per heavy atom. The Hall–Kier alpha value is -1.13. The lowest BCUT2D eigenvalue weighted by atomic mass is 10.4. The minimum absolute atomic E-state index is 0.162. The molecule has 5 heteroatoms. The number of rotatable bonds is 3. The monoisotopic (exact) mass is 116 g/mol. The number of carbonyl (C=O) groups is 1. The second-order valence-electron chi connectivity index (χ2n) is 1.09. The molecule has 44 valence electrons. The minimum Gasteiger partial charge on any atom is -0.269 e. The third-order valence-corrected chi connectivity index (χ3v) is 0.519. The number of hydrogen-bond donors (Lipinski definition) is 0. The Bertz CT molecular complexity index is 111. The van der Waals surface area contributed by atoms with Crippen LogP contribution in [0.3, 0.4) is 0 Å². The molecule has 0 aliphatic rings. The number of amides is 1. The van der Waals surface area contributed by atoms with E-state index in [9.17, 15) is 14.6 Å². The molecule has 0 rings (SSSR count). The Labute approximate surface area is 45.0 Å². The standard InChI is InChI=1S/C3H4N2O3/c6-3(5-8)1-2-4-7/h1-2H2. The van der Waals surface area contributed by atoms with Crippen molar-refractivity contribution < 1.29 is 4.79 Å². The van der Waals surface area contributed by atoms with Crippen molar-refractivity contribution in [3.63, 3.8) is 0 Å². The lowest BCUT2D eigenvalue weighted by Crippen LogP contribution is -1.92. The van der Waals surface area contributed by atoms with Gasteiger partial charge in [-0.3, -0.25) is 4.79 Å². The van der Waals surface area contributed by atoms with E-state index in [1.165, 1.54) is 0 Å². The zero-order chi connectivity index (χ0) is 6.41. The van der Waals surface area contributed by atoms with E-state index >= 15 is 0 Å². The molecule has 0 aromatic rings. The molecule has 0 bridgehead atoms. The van der Waals surface area contributed by atoms with E-state index in [0.29, 0.717) is 0 Å². The summed E-state index contributed by atoms with van der Waals surface area (Å²) in [7, 11) is 0. The molecule has 0 N–H and O–H groups in total. The summed E-state index contributed by atoms with van der Waals surface area (Å²) < 4.78 is 0. The number of hydrogen-bond acceptors (Lipinski definition) is 4. The average molecular weight is 116 g/mol. The molecule has 0 fully saturated rings. The molecule has 0 unspecified atom stereocenters. The lowest BCUT2D eigenvalue weighted by Gasteiger charge is -1.77. The molecule has 0 aromatic heterocycles. The largest absolute Gasteiger partial charge is 0.288 e. The van der Waals surface area contributed by atoms with Gasteiger partial charge in [0.05, 0.1) is 13.0 Å². The van der Waals surface area contributed by atoms with E-state index in [0.717, 1.165) is 0 Å². The maximum Gasteiger partial charge on any atom is 0.288 e.